The fourth-order valence-electron chi connectivity index (χ4n) is 0.817. The van der Waals surface area contributed by atoms with Gasteiger partial charge in [0.15, 0.2) is 0 Å². The van der Waals surface area contributed by atoms with Gasteiger partial charge in [-0.15, -0.1) is 0 Å². The lowest BCUT2D eigenvalue weighted by Gasteiger charge is -1.92. The van der Waals surface area contributed by atoms with E-state index in [1.807, 2.05) is 0 Å². The van der Waals surface area contributed by atoms with E-state index in [0.29, 0.717) is 6.54 Å². The van der Waals surface area contributed by atoms with Crippen molar-refractivity contribution in [2.75, 3.05) is 0 Å². The highest BCUT2D eigenvalue weighted by atomic mass is 16.1. The first-order valence-electron chi connectivity index (χ1n) is 3.18. The summed E-state index contributed by atoms with van der Waals surface area (Å²) in [5.41, 5.74) is 11.4. The van der Waals surface area contributed by atoms with Gasteiger partial charge >= 0.3 is 0 Å². The summed E-state index contributed by atoms with van der Waals surface area (Å²) < 4.78 is 1.54. The number of nitrogens with two attached hydrogens (primary N) is 2. The molecular formula is C6H10N4O. The Morgan fingerprint density at radius 2 is 2.45 bits per heavy atom. The molecule has 5 heteroatoms. The summed E-state index contributed by atoms with van der Waals surface area (Å²) in [6, 6.07) is 1.59. The number of carbonyl (C=O) groups is 1. The average Bonchev–Trinajstić information content (AvgIpc) is 2.31. The predicted octanol–water partition coefficient (Wildman–Crippen LogP) is -1.02. The summed E-state index contributed by atoms with van der Waals surface area (Å²) in [7, 11) is 1.72. The molecule has 0 saturated heterocycles. The van der Waals surface area contributed by atoms with Crippen LogP contribution in [0, 0.1) is 0 Å². The molecule has 60 valence electrons. The Bertz CT molecular complexity index is 278. The van der Waals surface area contributed by atoms with Crippen molar-refractivity contribution in [1.82, 2.24) is 9.78 Å². The normalized spacial score (nSPS) is 10.0. The third-order valence-electron chi connectivity index (χ3n) is 1.44. The minimum Gasteiger partial charge on any atom is -0.364 e. The number of rotatable bonds is 2. The second kappa shape index (κ2) is 2.71. The molecule has 0 aliphatic heterocycles. The van der Waals surface area contributed by atoms with Gasteiger partial charge in [-0.05, 0) is 6.07 Å². The van der Waals surface area contributed by atoms with Gasteiger partial charge in [0.1, 0.15) is 5.69 Å². The first kappa shape index (κ1) is 7.74. The van der Waals surface area contributed by atoms with Gasteiger partial charge in [-0.25, -0.2) is 0 Å². The molecule has 1 heterocycles. The van der Waals surface area contributed by atoms with E-state index < -0.39 is 5.91 Å². The number of aryl methyl sites for hydroxylation is 1. The van der Waals surface area contributed by atoms with Crippen LogP contribution in [0.15, 0.2) is 6.07 Å². The van der Waals surface area contributed by atoms with Gasteiger partial charge in [0, 0.05) is 13.6 Å². The Kier molecular flexibility index (Phi) is 1.91. The molecular weight excluding hydrogens is 144 g/mol. The van der Waals surface area contributed by atoms with Crippen LogP contribution in [0.2, 0.25) is 0 Å². The molecule has 11 heavy (non-hydrogen) atoms. The van der Waals surface area contributed by atoms with Crippen molar-refractivity contribution in [2.24, 2.45) is 18.5 Å². The molecule has 1 aromatic rings. The van der Waals surface area contributed by atoms with Gasteiger partial charge in [0.25, 0.3) is 5.91 Å². The number of hydrogen-bond donors (Lipinski definition) is 2. The number of amides is 1. The zero-order valence-electron chi connectivity index (χ0n) is 6.24. The summed E-state index contributed by atoms with van der Waals surface area (Å²) in [6.45, 7) is 0.358. The Hall–Kier alpha value is -1.36. The summed E-state index contributed by atoms with van der Waals surface area (Å²) >= 11 is 0. The fraction of sp³-hybridized carbons (Fsp3) is 0.333. The third kappa shape index (κ3) is 1.38. The molecule has 5 nitrogen and oxygen atoms in total. The zero-order valence-corrected chi connectivity index (χ0v) is 6.24. The van der Waals surface area contributed by atoms with Crippen molar-refractivity contribution < 1.29 is 4.79 Å². The maximum absolute atomic E-state index is 10.6. The fourth-order valence-corrected chi connectivity index (χ4v) is 0.817. The summed E-state index contributed by atoms with van der Waals surface area (Å²) in [4.78, 5) is 10.6. The maximum atomic E-state index is 10.6. The van der Waals surface area contributed by atoms with Crippen LogP contribution in [0.1, 0.15) is 16.2 Å². The summed E-state index contributed by atoms with van der Waals surface area (Å²) in [6.07, 6.45) is 0. The van der Waals surface area contributed by atoms with Crippen molar-refractivity contribution in [3.05, 3.63) is 17.5 Å². The first-order chi connectivity index (χ1) is 5.15. The molecule has 0 bridgehead atoms. The number of hydrogen-bond acceptors (Lipinski definition) is 3. The number of carbonyl (C=O) groups excluding carboxylic acids is 1. The smallest absolute Gasteiger partial charge is 0.269 e. The highest BCUT2D eigenvalue weighted by Gasteiger charge is 2.07. The lowest BCUT2D eigenvalue weighted by molar-refractivity contribution is 0.0995. The first-order valence-corrected chi connectivity index (χ1v) is 3.18. The topological polar surface area (TPSA) is 86.9 Å². The molecule has 4 N–H and O–H groups in total. The van der Waals surface area contributed by atoms with Crippen molar-refractivity contribution in [2.45, 2.75) is 6.54 Å². The summed E-state index contributed by atoms with van der Waals surface area (Å²) in [5.74, 6) is -0.528. The van der Waals surface area contributed by atoms with Crippen LogP contribution in [-0.2, 0) is 13.6 Å². The highest BCUT2D eigenvalue weighted by Crippen LogP contribution is 2.00. The highest BCUT2D eigenvalue weighted by molar-refractivity contribution is 5.90. The van der Waals surface area contributed by atoms with E-state index in [4.69, 9.17) is 11.5 Å². The van der Waals surface area contributed by atoms with Crippen LogP contribution in [0.25, 0.3) is 0 Å². The molecule has 0 fully saturated rings. The third-order valence-corrected chi connectivity index (χ3v) is 1.44. The van der Waals surface area contributed by atoms with E-state index in [2.05, 4.69) is 5.10 Å². The van der Waals surface area contributed by atoms with E-state index in [9.17, 15) is 4.79 Å². The SMILES string of the molecule is Cn1nc(C(N)=O)cc1CN. The molecule has 0 saturated carbocycles. The van der Waals surface area contributed by atoms with E-state index >= 15 is 0 Å². The van der Waals surface area contributed by atoms with Gasteiger partial charge in [0.2, 0.25) is 0 Å². The molecule has 0 atom stereocenters. The Morgan fingerprint density at radius 3 is 2.73 bits per heavy atom. The van der Waals surface area contributed by atoms with Crippen LogP contribution in [0.3, 0.4) is 0 Å². The molecule has 0 unspecified atom stereocenters. The maximum Gasteiger partial charge on any atom is 0.269 e. The van der Waals surface area contributed by atoms with Gasteiger partial charge < -0.3 is 11.5 Å². The van der Waals surface area contributed by atoms with Crippen LogP contribution in [-0.4, -0.2) is 15.7 Å². The molecule has 0 aliphatic carbocycles. The van der Waals surface area contributed by atoms with Crippen LogP contribution in [0.4, 0.5) is 0 Å². The van der Waals surface area contributed by atoms with Gasteiger partial charge in [-0.2, -0.15) is 5.10 Å². The van der Waals surface area contributed by atoms with Gasteiger partial charge in [-0.1, -0.05) is 0 Å². The molecule has 0 spiro atoms. The van der Waals surface area contributed by atoms with Crippen LogP contribution < -0.4 is 11.5 Å². The van der Waals surface area contributed by atoms with Gasteiger partial charge in [-0.3, -0.25) is 9.48 Å². The molecule has 0 aliphatic rings. The minimum absolute atomic E-state index is 0.257. The quantitative estimate of drug-likeness (QED) is 0.571. The lowest BCUT2D eigenvalue weighted by atomic mass is 10.3. The van der Waals surface area contributed by atoms with E-state index in [1.165, 1.54) is 0 Å². The molecule has 1 amide bonds. The monoisotopic (exact) mass is 154 g/mol. The molecule has 1 aromatic heterocycles. The van der Waals surface area contributed by atoms with Crippen LogP contribution >= 0.6 is 0 Å². The van der Waals surface area contributed by atoms with Crippen molar-refractivity contribution in [3.63, 3.8) is 0 Å². The van der Waals surface area contributed by atoms with Crippen LogP contribution in [0.5, 0.6) is 0 Å². The minimum atomic E-state index is -0.528. The molecule has 1 rings (SSSR count). The van der Waals surface area contributed by atoms with E-state index in [0.717, 1.165) is 5.69 Å². The lowest BCUT2D eigenvalue weighted by Crippen LogP contribution is -2.11. The second-order valence-electron chi connectivity index (χ2n) is 2.21. The Morgan fingerprint density at radius 1 is 1.82 bits per heavy atom. The van der Waals surface area contributed by atoms with E-state index in [1.54, 1.807) is 17.8 Å². The summed E-state index contributed by atoms with van der Waals surface area (Å²) in [5, 5.41) is 3.84. The molecule has 0 aromatic carbocycles. The second-order valence-corrected chi connectivity index (χ2v) is 2.21. The van der Waals surface area contributed by atoms with Crippen molar-refractivity contribution >= 4 is 5.91 Å². The van der Waals surface area contributed by atoms with Crippen molar-refractivity contribution in [1.29, 1.82) is 0 Å². The number of nitrogens with zero attached hydrogens (tertiary/aromatic N) is 2. The Labute approximate surface area is 64.0 Å². The van der Waals surface area contributed by atoms with Gasteiger partial charge in [0.05, 0.1) is 5.69 Å². The number of aromatic nitrogens is 2. The average molecular weight is 154 g/mol. The largest absolute Gasteiger partial charge is 0.364 e. The zero-order chi connectivity index (χ0) is 8.43. The number of primary amides is 1. The van der Waals surface area contributed by atoms with Crippen molar-refractivity contribution in [3.8, 4) is 0 Å². The predicted molar refractivity (Wildman–Crippen MR) is 39.6 cm³/mol. The van der Waals surface area contributed by atoms with E-state index in [-0.39, 0.29) is 5.69 Å². The molecule has 0 radical (unpaired) electrons. The Balaban J connectivity index is 3.05. The standard InChI is InChI=1S/C6H10N4O/c1-10-4(3-7)2-5(9-10)6(8)11/h2H,3,7H2,1H3,(H2,8,11).